The standard InChI is InChI=1S/C8H12N2O/c1-4-7(11)8-9-5(2)6(3)10-8/h4H2,1-3H3,(H,9,10). The van der Waals surface area contributed by atoms with Gasteiger partial charge in [0.2, 0.25) is 0 Å². The van der Waals surface area contributed by atoms with E-state index in [9.17, 15) is 4.79 Å². The van der Waals surface area contributed by atoms with Gasteiger partial charge in [0.15, 0.2) is 11.6 Å². The number of hydrogen-bond acceptors (Lipinski definition) is 2. The molecular formula is C8H12N2O. The minimum atomic E-state index is 0.0706. The molecule has 0 aliphatic carbocycles. The van der Waals surface area contributed by atoms with Gasteiger partial charge in [0.25, 0.3) is 0 Å². The molecule has 11 heavy (non-hydrogen) atoms. The number of hydrogen-bond donors (Lipinski definition) is 1. The highest BCUT2D eigenvalue weighted by Gasteiger charge is 2.08. The fourth-order valence-corrected chi connectivity index (χ4v) is 0.847. The van der Waals surface area contributed by atoms with Crippen LogP contribution in [0.25, 0.3) is 0 Å². The van der Waals surface area contributed by atoms with Crippen molar-refractivity contribution in [2.75, 3.05) is 0 Å². The molecule has 0 unspecified atom stereocenters. The minimum absolute atomic E-state index is 0.0706. The molecule has 1 rings (SSSR count). The Bertz CT molecular complexity index is 256. The van der Waals surface area contributed by atoms with Crippen LogP contribution in [0.4, 0.5) is 0 Å². The average molecular weight is 152 g/mol. The number of nitrogens with one attached hydrogen (secondary N) is 1. The Morgan fingerprint density at radius 2 is 2.18 bits per heavy atom. The minimum Gasteiger partial charge on any atom is -0.339 e. The molecule has 0 aromatic carbocycles. The molecule has 60 valence electrons. The summed E-state index contributed by atoms with van der Waals surface area (Å²) >= 11 is 0. The summed E-state index contributed by atoms with van der Waals surface area (Å²) < 4.78 is 0. The topological polar surface area (TPSA) is 45.8 Å². The van der Waals surface area contributed by atoms with E-state index in [1.165, 1.54) is 0 Å². The molecule has 1 N–H and O–H groups in total. The number of nitrogens with zero attached hydrogens (tertiary/aromatic N) is 1. The van der Waals surface area contributed by atoms with Gasteiger partial charge in [-0.3, -0.25) is 4.79 Å². The van der Waals surface area contributed by atoms with Gasteiger partial charge in [-0.25, -0.2) is 4.98 Å². The van der Waals surface area contributed by atoms with Gasteiger partial charge in [-0.2, -0.15) is 0 Å². The van der Waals surface area contributed by atoms with Crippen LogP contribution in [0.15, 0.2) is 0 Å². The van der Waals surface area contributed by atoms with Crippen molar-refractivity contribution in [3.8, 4) is 0 Å². The van der Waals surface area contributed by atoms with Gasteiger partial charge in [-0.15, -0.1) is 0 Å². The highest BCUT2D eigenvalue weighted by atomic mass is 16.1. The number of carbonyl (C=O) groups is 1. The van der Waals surface area contributed by atoms with E-state index < -0.39 is 0 Å². The van der Waals surface area contributed by atoms with Crippen LogP contribution >= 0.6 is 0 Å². The van der Waals surface area contributed by atoms with E-state index >= 15 is 0 Å². The van der Waals surface area contributed by atoms with Crippen LogP contribution in [-0.2, 0) is 0 Å². The molecule has 0 bridgehead atoms. The third-order valence-corrected chi connectivity index (χ3v) is 1.71. The second-order valence-electron chi connectivity index (χ2n) is 2.57. The Morgan fingerprint density at radius 1 is 1.55 bits per heavy atom. The summed E-state index contributed by atoms with van der Waals surface area (Å²) in [7, 11) is 0. The molecule has 1 aromatic heterocycles. The quantitative estimate of drug-likeness (QED) is 0.654. The first-order valence-corrected chi connectivity index (χ1v) is 3.71. The van der Waals surface area contributed by atoms with Crippen LogP contribution in [-0.4, -0.2) is 15.8 Å². The lowest BCUT2D eigenvalue weighted by molar-refractivity contribution is 0.0979. The smallest absolute Gasteiger partial charge is 0.197 e. The summed E-state index contributed by atoms with van der Waals surface area (Å²) in [5.41, 5.74) is 1.88. The van der Waals surface area contributed by atoms with Crippen LogP contribution in [0.3, 0.4) is 0 Å². The second kappa shape index (κ2) is 2.86. The van der Waals surface area contributed by atoms with Crippen LogP contribution in [0.2, 0.25) is 0 Å². The van der Waals surface area contributed by atoms with E-state index in [4.69, 9.17) is 0 Å². The number of carbonyl (C=O) groups excluding carboxylic acids is 1. The van der Waals surface area contributed by atoms with E-state index in [1.807, 2.05) is 20.8 Å². The molecule has 1 heterocycles. The molecule has 3 nitrogen and oxygen atoms in total. The van der Waals surface area contributed by atoms with Crippen LogP contribution in [0.5, 0.6) is 0 Å². The maximum absolute atomic E-state index is 11.1. The van der Waals surface area contributed by atoms with Gasteiger partial charge in [-0.05, 0) is 13.8 Å². The molecular weight excluding hydrogens is 140 g/mol. The van der Waals surface area contributed by atoms with Gasteiger partial charge in [0.05, 0.1) is 5.69 Å². The first kappa shape index (κ1) is 7.98. The first-order chi connectivity index (χ1) is 5.15. The van der Waals surface area contributed by atoms with Crippen molar-refractivity contribution >= 4 is 5.78 Å². The van der Waals surface area contributed by atoms with Crippen LogP contribution in [0, 0.1) is 13.8 Å². The lowest BCUT2D eigenvalue weighted by Crippen LogP contribution is -1.98. The van der Waals surface area contributed by atoms with Crippen LogP contribution < -0.4 is 0 Å². The van der Waals surface area contributed by atoms with Crippen molar-refractivity contribution in [1.82, 2.24) is 9.97 Å². The highest BCUT2D eigenvalue weighted by molar-refractivity contribution is 5.92. The van der Waals surface area contributed by atoms with Crippen molar-refractivity contribution in [1.29, 1.82) is 0 Å². The number of imidazole rings is 1. The maximum atomic E-state index is 11.1. The number of aromatic nitrogens is 2. The van der Waals surface area contributed by atoms with Crippen molar-refractivity contribution in [3.05, 3.63) is 17.2 Å². The van der Waals surface area contributed by atoms with E-state index in [-0.39, 0.29) is 5.78 Å². The molecule has 3 heteroatoms. The monoisotopic (exact) mass is 152 g/mol. The summed E-state index contributed by atoms with van der Waals surface area (Å²) in [6.45, 7) is 5.63. The van der Waals surface area contributed by atoms with Gasteiger partial charge in [0.1, 0.15) is 0 Å². The number of ketones is 1. The predicted molar refractivity (Wildman–Crippen MR) is 42.7 cm³/mol. The summed E-state index contributed by atoms with van der Waals surface area (Å²) in [6, 6.07) is 0. The lowest BCUT2D eigenvalue weighted by Gasteiger charge is -1.87. The van der Waals surface area contributed by atoms with Crippen molar-refractivity contribution in [2.24, 2.45) is 0 Å². The zero-order valence-corrected chi connectivity index (χ0v) is 7.06. The zero-order valence-electron chi connectivity index (χ0n) is 7.06. The molecule has 0 saturated heterocycles. The lowest BCUT2D eigenvalue weighted by atomic mass is 10.3. The Hall–Kier alpha value is -1.12. The average Bonchev–Trinajstić information content (AvgIpc) is 2.31. The maximum Gasteiger partial charge on any atom is 0.197 e. The molecule has 0 atom stereocenters. The molecule has 0 aliphatic rings. The van der Waals surface area contributed by atoms with E-state index in [0.29, 0.717) is 12.2 Å². The van der Waals surface area contributed by atoms with E-state index in [1.54, 1.807) is 0 Å². The number of aryl methyl sites for hydroxylation is 2. The summed E-state index contributed by atoms with van der Waals surface area (Å²) in [5, 5.41) is 0. The number of aromatic amines is 1. The van der Waals surface area contributed by atoms with Crippen molar-refractivity contribution < 1.29 is 4.79 Å². The third kappa shape index (κ3) is 1.48. The SMILES string of the molecule is CCC(=O)c1nc(C)c(C)[nH]1. The largest absolute Gasteiger partial charge is 0.339 e. The van der Waals surface area contributed by atoms with Gasteiger partial charge in [0, 0.05) is 12.1 Å². The Labute approximate surface area is 65.8 Å². The third-order valence-electron chi connectivity index (χ3n) is 1.71. The fourth-order valence-electron chi connectivity index (χ4n) is 0.847. The Kier molecular flexibility index (Phi) is 2.08. The van der Waals surface area contributed by atoms with E-state index in [0.717, 1.165) is 11.4 Å². The number of Topliss-reactive ketones (excluding diaryl/α,β-unsaturated/α-hetero) is 1. The molecule has 0 spiro atoms. The van der Waals surface area contributed by atoms with Gasteiger partial charge < -0.3 is 4.98 Å². The molecule has 0 radical (unpaired) electrons. The molecule has 0 fully saturated rings. The molecule has 0 amide bonds. The Morgan fingerprint density at radius 3 is 2.55 bits per heavy atom. The fraction of sp³-hybridized carbons (Fsp3) is 0.500. The van der Waals surface area contributed by atoms with Crippen molar-refractivity contribution in [3.63, 3.8) is 0 Å². The second-order valence-corrected chi connectivity index (χ2v) is 2.57. The summed E-state index contributed by atoms with van der Waals surface area (Å²) in [6.07, 6.45) is 0.506. The molecule has 0 aliphatic heterocycles. The van der Waals surface area contributed by atoms with Gasteiger partial charge >= 0.3 is 0 Å². The van der Waals surface area contributed by atoms with Crippen molar-refractivity contribution in [2.45, 2.75) is 27.2 Å². The summed E-state index contributed by atoms with van der Waals surface area (Å²) in [4.78, 5) is 18.1. The molecule has 1 aromatic rings. The van der Waals surface area contributed by atoms with E-state index in [2.05, 4.69) is 9.97 Å². The highest BCUT2D eigenvalue weighted by Crippen LogP contribution is 2.04. The number of H-pyrrole nitrogens is 1. The number of rotatable bonds is 2. The normalized spacial score (nSPS) is 10.1. The van der Waals surface area contributed by atoms with Gasteiger partial charge in [-0.1, -0.05) is 6.92 Å². The Balaban J connectivity index is 2.97. The van der Waals surface area contributed by atoms with Crippen LogP contribution in [0.1, 0.15) is 35.4 Å². The first-order valence-electron chi connectivity index (χ1n) is 3.71. The zero-order chi connectivity index (χ0) is 8.43. The molecule has 0 saturated carbocycles. The predicted octanol–water partition coefficient (Wildman–Crippen LogP) is 1.62. The summed E-state index contributed by atoms with van der Waals surface area (Å²) in [5.74, 6) is 0.559.